The van der Waals surface area contributed by atoms with Crippen molar-refractivity contribution in [3.63, 3.8) is 0 Å². The predicted molar refractivity (Wildman–Crippen MR) is 115 cm³/mol. The molecule has 10 heteroatoms. The van der Waals surface area contributed by atoms with Crippen LogP contribution in [0.4, 0.5) is 13.2 Å². The molecule has 1 saturated heterocycles. The molecular formula is C22H26F3N3O3S. The minimum absolute atomic E-state index is 0.255. The van der Waals surface area contributed by atoms with Crippen LogP contribution >= 0.6 is 0 Å². The lowest BCUT2D eigenvalue weighted by molar-refractivity contribution is -0.140. The van der Waals surface area contributed by atoms with Gasteiger partial charge in [-0.05, 0) is 49.9 Å². The van der Waals surface area contributed by atoms with Crippen molar-refractivity contribution in [3.05, 3.63) is 54.1 Å². The van der Waals surface area contributed by atoms with Gasteiger partial charge in [0.05, 0.1) is 16.0 Å². The van der Waals surface area contributed by atoms with E-state index in [9.17, 15) is 26.4 Å². The van der Waals surface area contributed by atoms with Gasteiger partial charge in [-0.2, -0.15) is 13.2 Å². The summed E-state index contributed by atoms with van der Waals surface area (Å²) in [5.41, 5.74) is 4.38. The van der Waals surface area contributed by atoms with Gasteiger partial charge < -0.3 is 10.6 Å². The summed E-state index contributed by atoms with van der Waals surface area (Å²) in [7, 11) is -4.44. The molecule has 1 fully saturated rings. The van der Waals surface area contributed by atoms with Crippen LogP contribution in [0.2, 0.25) is 0 Å². The Hall–Kier alpha value is -2.43. The quantitative estimate of drug-likeness (QED) is 0.702. The molecule has 1 amide bonds. The largest absolute Gasteiger partial charge is 0.417 e. The number of benzene rings is 2. The number of sulfonamides is 1. The summed E-state index contributed by atoms with van der Waals surface area (Å²) in [4.78, 5) is 13.0. The van der Waals surface area contributed by atoms with E-state index in [-0.39, 0.29) is 37.4 Å². The molecule has 0 aliphatic carbocycles. The van der Waals surface area contributed by atoms with E-state index in [0.717, 1.165) is 12.1 Å². The van der Waals surface area contributed by atoms with Gasteiger partial charge in [0.15, 0.2) is 0 Å². The van der Waals surface area contributed by atoms with Crippen LogP contribution in [0.25, 0.3) is 11.1 Å². The summed E-state index contributed by atoms with van der Waals surface area (Å²) < 4.78 is 69.4. The summed E-state index contributed by atoms with van der Waals surface area (Å²) >= 11 is 0. The highest BCUT2D eigenvalue weighted by Crippen LogP contribution is 2.37. The zero-order chi connectivity index (χ0) is 23.7. The Bertz CT molecular complexity index is 1070. The minimum atomic E-state index is -4.85. The molecule has 3 rings (SSSR count). The maximum absolute atomic E-state index is 13.8. The van der Waals surface area contributed by atoms with Crippen LogP contribution in [0.3, 0.4) is 0 Å². The lowest BCUT2D eigenvalue weighted by Gasteiger charge is -2.35. The van der Waals surface area contributed by atoms with E-state index in [4.69, 9.17) is 5.73 Å². The number of rotatable bonds is 5. The first-order chi connectivity index (χ1) is 14.8. The number of nitrogens with one attached hydrogen (secondary N) is 1. The topological polar surface area (TPSA) is 92.5 Å². The fraction of sp³-hybridized carbons (Fsp3) is 0.409. The molecule has 0 unspecified atom stereocenters. The average Bonchev–Trinajstić information content (AvgIpc) is 2.72. The van der Waals surface area contributed by atoms with Crippen LogP contribution in [-0.4, -0.2) is 43.9 Å². The van der Waals surface area contributed by atoms with E-state index in [1.165, 1.54) is 6.07 Å². The molecule has 3 N–H and O–H groups in total. The van der Waals surface area contributed by atoms with Gasteiger partial charge in [0.25, 0.3) is 0 Å². The monoisotopic (exact) mass is 469 g/mol. The molecule has 0 aromatic heterocycles. The highest BCUT2D eigenvalue weighted by atomic mass is 32.2. The maximum Gasteiger partial charge on any atom is 0.417 e. The van der Waals surface area contributed by atoms with Crippen LogP contribution in [0, 0.1) is 0 Å². The summed E-state index contributed by atoms with van der Waals surface area (Å²) in [6, 6.07) is 11.1. The molecule has 0 saturated carbocycles. The van der Waals surface area contributed by atoms with E-state index in [0.29, 0.717) is 5.56 Å². The zero-order valence-corrected chi connectivity index (χ0v) is 18.6. The highest BCUT2D eigenvalue weighted by Gasteiger charge is 2.39. The smallest absolute Gasteiger partial charge is 0.341 e. The molecule has 32 heavy (non-hydrogen) atoms. The minimum Gasteiger partial charge on any atom is -0.341 e. The molecule has 0 atom stereocenters. The van der Waals surface area contributed by atoms with Gasteiger partial charge in [-0.15, -0.1) is 0 Å². The fourth-order valence-electron chi connectivity index (χ4n) is 3.69. The van der Waals surface area contributed by atoms with Crippen molar-refractivity contribution in [1.29, 1.82) is 0 Å². The first kappa shape index (κ1) is 24.2. The van der Waals surface area contributed by atoms with Crippen LogP contribution in [-0.2, 0) is 21.0 Å². The molecule has 6 nitrogen and oxygen atoms in total. The molecule has 174 valence electrons. The molecule has 1 aliphatic heterocycles. The molecule has 2 aromatic carbocycles. The summed E-state index contributed by atoms with van der Waals surface area (Å²) in [6.45, 7) is 3.71. The zero-order valence-electron chi connectivity index (χ0n) is 17.8. The third-order valence-electron chi connectivity index (χ3n) is 5.34. The van der Waals surface area contributed by atoms with Gasteiger partial charge in [0.2, 0.25) is 15.9 Å². The van der Waals surface area contributed by atoms with Gasteiger partial charge in [-0.25, -0.2) is 13.1 Å². The van der Waals surface area contributed by atoms with Gasteiger partial charge in [0, 0.05) is 19.1 Å². The Labute approximate surface area is 185 Å². The van der Waals surface area contributed by atoms with Crippen molar-refractivity contribution in [2.75, 3.05) is 13.1 Å². The summed E-state index contributed by atoms with van der Waals surface area (Å²) in [6.07, 6.45) is -4.29. The highest BCUT2D eigenvalue weighted by molar-refractivity contribution is 7.89. The standard InChI is InChI=1S/C22H26F3N3O3S/c1-21(2,26)20(29)28-12-10-17(11-13-28)27-32(30,31)19-9-8-16(14-18(19)22(23,24)25)15-6-4-3-5-7-15/h3-9,14,17,27H,10-13,26H2,1-2H3. The van der Waals surface area contributed by atoms with Crippen LogP contribution < -0.4 is 10.5 Å². The second-order valence-corrected chi connectivity index (χ2v) is 10.2. The Balaban J connectivity index is 1.82. The Morgan fingerprint density at radius 1 is 1.03 bits per heavy atom. The molecule has 0 bridgehead atoms. The Morgan fingerprint density at radius 3 is 2.16 bits per heavy atom. The van der Waals surface area contributed by atoms with Crippen LogP contribution in [0.15, 0.2) is 53.4 Å². The number of hydrogen-bond donors (Lipinski definition) is 2. The van der Waals surface area contributed by atoms with Gasteiger partial charge in [-0.3, -0.25) is 4.79 Å². The van der Waals surface area contributed by atoms with Gasteiger partial charge >= 0.3 is 6.18 Å². The van der Waals surface area contributed by atoms with E-state index >= 15 is 0 Å². The number of halogens is 3. The van der Waals surface area contributed by atoms with Crippen molar-refractivity contribution in [3.8, 4) is 11.1 Å². The van der Waals surface area contributed by atoms with E-state index < -0.39 is 38.2 Å². The number of hydrogen-bond acceptors (Lipinski definition) is 4. The molecular weight excluding hydrogens is 443 g/mol. The SMILES string of the molecule is CC(C)(N)C(=O)N1CCC(NS(=O)(=O)c2ccc(-c3ccccc3)cc2C(F)(F)F)CC1. The molecule has 2 aromatic rings. The fourth-order valence-corrected chi connectivity index (χ4v) is 5.20. The second-order valence-electron chi connectivity index (χ2n) is 8.48. The van der Waals surface area contributed by atoms with Crippen molar-refractivity contribution >= 4 is 15.9 Å². The van der Waals surface area contributed by atoms with Crippen molar-refractivity contribution in [2.24, 2.45) is 5.73 Å². The Morgan fingerprint density at radius 2 is 1.62 bits per heavy atom. The number of nitrogens with zero attached hydrogens (tertiary/aromatic N) is 1. The number of likely N-dealkylation sites (tertiary alicyclic amines) is 1. The van der Waals surface area contributed by atoms with Crippen molar-refractivity contribution in [1.82, 2.24) is 9.62 Å². The average molecular weight is 470 g/mol. The number of alkyl halides is 3. The number of amides is 1. The molecule has 1 heterocycles. The number of carbonyl (C=O) groups is 1. The van der Waals surface area contributed by atoms with Crippen LogP contribution in [0.5, 0.6) is 0 Å². The van der Waals surface area contributed by atoms with Crippen LogP contribution in [0.1, 0.15) is 32.3 Å². The number of nitrogens with two attached hydrogens (primary N) is 1. The second kappa shape index (κ2) is 8.84. The normalized spacial score (nSPS) is 16.2. The summed E-state index contributed by atoms with van der Waals surface area (Å²) in [5, 5.41) is 0. The lowest BCUT2D eigenvalue weighted by Crippen LogP contribution is -2.55. The van der Waals surface area contributed by atoms with Gasteiger partial charge in [-0.1, -0.05) is 36.4 Å². The number of piperidine rings is 1. The first-order valence-electron chi connectivity index (χ1n) is 10.2. The van der Waals surface area contributed by atoms with E-state index in [2.05, 4.69) is 4.72 Å². The third kappa shape index (κ3) is 5.48. The lowest BCUT2D eigenvalue weighted by atomic mass is 10.0. The van der Waals surface area contributed by atoms with E-state index in [1.54, 1.807) is 49.1 Å². The Kier molecular flexibility index (Phi) is 6.69. The van der Waals surface area contributed by atoms with Gasteiger partial charge in [0.1, 0.15) is 0 Å². The third-order valence-corrected chi connectivity index (χ3v) is 6.92. The maximum atomic E-state index is 13.8. The predicted octanol–water partition coefficient (Wildman–Crippen LogP) is 3.38. The van der Waals surface area contributed by atoms with Crippen molar-refractivity contribution < 1.29 is 26.4 Å². The molecule has 1 aliphatic rings. The molecule has 0 spiro atoms. The van der Waals surface area contributed by atoms with Crippen molar-refractivity contribution in [2.45, 2.75) is 49.3 Å². The summed E-state index contributed by atoms with van der Waals surface area (Å²) in [5.74, 6) is -0.255. The first-order valence-corrected chi connectivity index (χ1v) is 11.6. The number of carbonyl (C=O) groups excluding carboxylic acids is 1. The van der Waals surface area contributed by atoms with E-state index in [1.807, 2.05) is 0 Å². The molecule has 0 radical (unpaired) electrons.